The van der Waals surface area contributed by atoms with Gasteiger partial charge >= 0.3 is 0 Å². The van der Waals surface area contributed by atoms with Crippen LogP contribution in [0.25, 0.3) is 0 Å². The Morgan fingerprint density at radius 2 is 1.79 bits per heavy atom. The van der Waals surface area contributed by atoms with Gasteiger partial charge in [0.25, 0.3) is 5.91 Å². The van der Waals surface area contributed by atoms with Gasteiger partial charge in [-0.15, -0.1) is 11.8 Å². The van der Waals surface area contributed by atoms with Gasteiger partial charge < -0.3 is 4.90 Å². The van der Waals surface area contributed by atoms with Crippen LogP contribution in [0.15, 0.2) is 75.0 Å². The van der Waals surface area contributed by atoms with Gasteiger partial charge in [-0.05, 0) is 35.0 Å². The van der Waals surface area contributed by atoms with Gasteiger partial charge in [-0.1, -0.05) is 49.9 Å². The summed E-state index contributed by atoms with van der Waals surface area (Å²) in [6, 6.07) is 18.5. The fourth-order valence-electron chi connectivity index (χ4n) is 3.31. The Labute approximate surface area is 175 Å². The summed E-state index contributed by atoms with van der Waals surface area (Å²) in [6.07, 6.45) is 0. The molecule has 2 aliphatic heterocycles. The third-order valence-corrected chi connectivity index (χ3v) is 7.07. The van der Waals surface area contributed by atoms with E-state index in [-0.39, 0.29) is 13.3 Å². The molecule has 0 aliphatic carbocycles. The quantitative estimate of drug-likeness (QED) is 0.660. The van der Waals surface area contributed by atoms with Crippen molar-refractivity contribution in [3.05, 3.63) is 70.6 Å². The van der Waals surface area contributed by atoms with Crippen LogP contribution in [-0.2, 0) is 11.3 Å². The minimum absolute atomic E-state index is 0. The first-order valence-corrected chi connectivity index (χ1v) is 10.6. The van der Waals surface area contributed by atoms with E-state index in [0.29, 0.717) is 6.54 Å². The first kappa shape index (κ1) is 20.6. The molecule has 2 aromatic carbocycles. The maximum absolute atomic E-state index is 13.2. The largest absolute Gasteiger partial charge is 0.370 e. The molecule has 0 atom stereocenters. The molecule has 4 rings (SSSR count). The van der Waals surface area contributed by atoms with Crippen molar-refractivity contribution in [3.63, 3.8) is 0 Å². The smallest absolute Gasteiger partial charge is 0.267 e. The van der Waals surface area contributed by atoms with Gasteiger partial charge in [-0.3, -0.25) is 14.7 Å². The van der Waals surface area contributed by atoms with Crippen molar-refractivity contribution in [3.8, 4) is 0 Å². The number of benzene rings is 2. The van der Waals surface area contributed by atoms with E-state index in [1.807, 2.05) is 30.3 Å². The zero-order valence-corrected chi connectivity index (χ0v) is 17.0. The lowest BCUT2D eigenvalue weighted by Gasteiger charge is -2.19. The van der Waals surface area contributed by atoms with Crippen molar-refractivity contribution in [2.45, 2.75) is 18.9 Å². The number of nitrogens with zero attached hydrogens (tertiary/aromatic N) is 3. The van der Waals surface area contributed by atoms with E-state index in [9.17, 15) is 4.79 Å². The lowest BCUT2D eigenvalue weighted by molar-refractivity contribution is -0.122. The van der Waals surface area contributed by atoms with Crippen LogP contribution in [0.5, 0.6) is 0 Å². The highest BCUT2D eigenvalue weighted by Gasteiger charge is 2.35. The van der Waals surface area contributed by atoms with Crippen LogP contribution in [0.2, 0.25) is 0 Å². The number of amides is 1. The minimum Gasteiger partial charge on any atom is -0.370 e. The molecule has 0 saturated carbocycles. The molecule has 0 unspecified atom stereocenters. The lowest BCUT2D eigenvalue weighted by Crippen LogP contribution is -2.29. The molecule has 2 heterocycles. The van der Waals surface area contributed by atoms with Gasteiger partial charge in [-0.2, -0.15) is 0 Å². The average Bonchev–Trinajstić information content (AvgIpc) is 2.91. The number of hydrogen-bond acceptors (Lipinski definition) is 5. The number of likely N-dealkylation sites (N-methyl/N-ethyl adjacent to an activating group) is 1. The number of amidine groups is 1. The minimum atomic E-state index is 0. The van der Waals surface area contributed by atoms with E-state index >= 15 is 0 Å². The molecule has 0 spiro atoms. The second kappa shape index (κ2) is 8.88. The van der Waals surface area contributed by atoms with Crippen molar-refractivity contribution in [2.24, 2.45) is 4.99 Å². The van der Waals surface area contributed by atoms with E-state index in [0.717, 1.165) is 27.9 Å². The number of rotatable bonds is 2. The van der Waals surface area contributed by atoms with E-state index in [4.69, 9.17) is 0 Å². The van der Waals surface area contributed by atoms with Crippen LogP contribution in [0.4, 0.5) is 5.69 Å². The summed E-state index contributed by atoms with van der Waals surface area (Å²) in [5.74, 6) is 0.894. The third kappa shape index (κ3) is 3.98. The van der Waals surface area contributed by atoms with Gasteiger partial charge in [0.1, 0.15) is 0 Å². The number of aliphatic imine (C=N–C) groups is 1. The molecule has 0 N–H and O–H groups in total. The van der Waals surface area contributed by atoms with Gasteiger partial charge in [0.2, 0.25) is 0 Å². The number of para-hydroxylation sites is 1. The summed E-state index contributed by atoms with van der Waals surface area (Å²) in [5.41, 5.74) is 3.50. The molecule has 146 valence electrons. The normalized spacial score (nSPS) is 20.8. The Hall–Kier alpha value is -2.18. The number of fused-ring (bicyclic) bond motifs is 1. The molecular formula is C22H25N3OS2. The Morgan fingerprint density at radius 1 is 1.07 bits per heavy atom. The molecule has 6 heteroatoms. The highest BCUT2D eigenvalue weighted by atomic mass is 32.2. The topological polar surface area (TPSA) is 35.9 Å². The highest BCUT2D eigenvalue weighted by Crippen LogP contribution is 2.40. The summed E-state index contributed by atoms with van der Waals surface area (Å²) in [6.45, 7) is 1.31. The van der Waals surface area contributed by atoms with Crippen molar-refractivity contribution < 1.29 is 4.79 Å². The molecule has 2 aromatic rings. The number of thioether (sulfide) groups is 2. The molecule has 0 radical (unpaired) electrons. The van der Waals surface area contributed by atoms with Crippen LogP contribution in [0.1, 0.15) is 13.0 Å². The van der Waals surface area contributed by atoms with Crippen LogP contribution in [-0.4, -0.2) is 42.4 Å². The van der Waals surface area contributed by atoms with Crippen LogP contribution < -0.4 is 4.90 Å². The molecule has 1 saturated heterocycles. The Morgan fingerprint density at radius 3 is 2.54 bits per heavy atom. The predicted molar refractivity (Wildman–Crippen MR) is 122 cm³/mol. The van der Waals surface area contributed by atoms with Crippen LogP contribution in [0, 0.1) is 0 Å². The maximum atomic E-state index is 13.2. The zero-order chi connectivity index (χ0) is 18.8. The standard InChI is InChI=1S/C21H21N3OS2.CH4/c1-22-21-24(12-15-8-4-3-5-9-15)20(25)19(27-21)16-13-23(2)17-10-6-7-11-18(17)26-14-16;/h3-11H,12-14H2,1-2H3;1H4/b19-16-,22-21?;. The monoisotopic (exact) mass is 411 g/mol. The molecule has 2 aliphatic rings. The second-order valence-corrected chi connectivity index (χ2v) is 8.52. The SMILES string of the molecule is C.CN=C1S/C(=C2\CSc3ccccc3N(C)C2)C(=O)N1Cc1ccccc1. The summed E-state index contributed by atoms with van der Waals surface area (Å²) in [7, 11) is 3.84. The summed E-state index contributed by atoms with van der Waals surface area (Å²) in [5, 5.41) is 0.778. The maximum Gasteiger partial charge on any atom is 0.267 e. The predicted octanol–water partition coefficient (Wildman–Crippen LogP) is 4.88. The number of anilines is 1. The summed E-state index contributed by atoms with van der Waals surface area (Å²) in [4.78, 5) is 23.7. The summed E-state index contributed by atoms with van der Waals surface area (Å²) >= 11 is 3.31. The van der Waals surface area contributed by atoms with E-state index < -0.39 is 0 Å². The first-order valence-electron chi connectivity index (χ1n) is 8.83. The fraction of sp³-hybridized carbons (Fsp3) is 0.273. The summed E-state index contributed by atoms with van der Waals surface area (Å²) < 4.78 is 0. The van der Waals surface area contributed by atoms with Gasteiger partial charge in [0.15, 0.2) is 5.17 Å². The zero-order valence-electron chi connectivity index (χ0n) is 15.4. The third-order valence-electron chi connectivity index (χ3n) is 4.67. The number of carbonyl (C=O) groups excluding carboxylic acids is 1. The van der Waals surface area contributed by atoms with Crippen molar-refractivity contribution >= 4 is 40.3 Å². The van der Waals surface area contributed by atoms with Gasteiger partial charge in [-0.25, -0.2) is 0 Å². The van der Waals surface area contributed by atoms with E-state index in [1.54, 1.807) is 23.7 Å². The van der Waals surface area contributed by atoms with Crippen LogP contribution >= 0.6 is 23.5 Å². The lowest BCUT2D eigenvalue weighted by atomic mass is 10.2. The number of hydrogen-bond donors (Lipinski definition) is 0. The first-order chi connectivity index (χ1) is 13.2. The Kier molecular flexibility index (Phi) is 6.52. The fourth-order valence-corrected chi connectivity index (χ4v) is 5.52. The highest BCUT2D eigenvalue weighted by molar-refractivity contribution is 8.18. The van der Waals surface area contributed by atoms with Gasteiger partial charge in [0, 0.05) is 31.3 Å². The molecule has 0 aromatic heterocycles. The molecule has 1 fully saturated rings. The number of carbonyl (C=O) groups is 1. The second-order valence-electron chi connectivity index (χ2n) is 6.53. The molecule has 4 nitrogen and oxygen atoms in total. The Balaban J connectivity index is 0.00000225. The molecule has 28 heavy (non-hydrogen) atoms. The molecule has 1 amide bonds. The van der Waals surface area contributed by atoms with E-state index in [2.05, 4.69) is 41.2 Å². The Bertz CT molecular complexity index is 924. The molecular weight excluding hydrogens is 386 g/mol. The van der Waals surface area contributed by atoms with Crippen molar-refractivity contribution in [2.75, 3.05) is 31.3 Å². The van der Waals surface area contributed by atoms with Crippen molar-refractivity contribution in [1.82, 2.24) is 4.90 Å². The van der Waals surface area contributed by atoms with Crippen molar-refractivity contribution in [1.29, 1.82) is 0 Å². The molecule has 0 bridgehead atoms. The van der Waals surface area contributed by atoms with E-state index in [1.165, 1.54) is 27.9 Å². The average molecular weight is 412 g/mol. The van der Waals surface area contributed by atoms with Crippen LogP contribution in [0.3, 0.4) is 0 Å². The van der Waals surface area contributed by atoms with Gasteiger partial charge in [0.05, 0.1) is 17.1 Å².